The number of hydrogen-bond donors (Lipinski definition) is 2. The summed E-state index contributed by atoms with van der Waals surface area (Å²) in [6.07, 6.45) is 21.2. The Balaban J connectivity index is 3.61. The number of ether oxygens (including phenoxy) is 1. The number of unbranched alkanes of at least 4 members (excludes halogenated alkanes) is 9. The van der Waals surface area contributed by atoms with Crippen LogP contribution >= 0.6 is 0 Å². The minimum Gasteiger partial charge on any atom is -0.393 e. The Hall–Kier alpha value is -1.72. The molecule has 0 aliphatic rings. The Kier molecular flexibility index (Phi) is 16.9. The summed E-state index contributed by atoms with van der Waals surface area (Å²) in [6.45, 7) is 1.46. The van der Waals surface area contributed by atoms with Crippen LogP contribution in [0.4, 0.5) is 0 Å². The van der Waals surface area contributed by atoms with Crippen molar-refractivity contribution in [2.45, 2.75) is 77.2 Å². The van der Waals surface area contributed by atoms with E-state index < -0.39 is 24.6 Å². The van der Waals surface area contributed by atoms with E-state index in [1.54, 1.807) is 12.2 Å². The number of esters is 2. The smallest absolute Gasteiger partial charge is 0.345 e. The van der Waals surface area contributed by atoms with Crippen LogP contribution in [0.5, 0.6) is 0 Å². The zero-order valence-electron chi connectivity index (χ0n) is 15.9. The minimum atomic E-state index is -1.69. The lowest BCUT2D eigenvalue weighted by molar-refractivity contribution is -0.164. The van der Waals surface area contributed by atoms with Gasteiger partial charge in [-0.1, -0.05) is 88.7 Å². The molecule has 0 aliphatic carbocycles. The van der Waals surface area contributed by atoms with Gasteiger partial charge in [-0.15, -0.1) is 0 Å². The number of aliphatic hydroxyl groups is 2. The van der Waals surface area contributed by atoms with Crippen LogP contribution in [0.25, 0.3) is 0 Å². The van der Waals surface area contributed by atoms with E-state index in [4.69, 9.17) is 10.2 Å². The molecule has 26 heavy (non-hydrogen) atoms. The number of hydrogen-bond acceptors (Lipinski definition) is 5. The third kappa shape index (κ3) is 15.8. The Morgan fingerprint density at radius 2 is 1.46 bits per heavy atom. The van der Waals surface area contributed by atoms with Gasteiger partial charge in [0, 0.05) is 6.08 Å². The molecule has 0 aromatic carbocycles. The summed E-state index contributed by atoms with van der Waals surface area (Å²) in [4.78, 5) is 22.3. The lowest BCUT2D eigenvalue weighted by Crippen LogP contribution is -2.28. The van der Waals surface area contributed by atoms with Crippen molar-refractivity contribution in [3.63, 3.8) is 0 Å². The highest BCUT2D eigenvalue weighted by Gasteiger charge is 2.17. The predicted molar refractivity (Wildman–Crippen MR) is 103 cm³/mol. The molecule has 2 N–H and O–H groups in total. The average molecular weight is 366 g/mol. The predicted octanol–water partition coefficient (Wildman–Crippen LogP) is 4.00. The first-order valence-corrected chi connectivity index (χ1v) is 9.66. The fourth-order valence-electron chi connectivity index (χ4n) is 2.29. The van der Waals surface area contributed by atoms with Crippen LogP contribution in [0.3, 0.4) is 0 Å². The molecule has 0 spiro atoms. The summed E-state index contributed by atoms with van der Waals surface area (Å²) in [6, 6.07) is 0. The van der Waals surface area contributed by atoms with Crippen molar-refractivity contribution in [2.24, 2.45) is 0 Å². The summed E-state index contributed by atoms with van der Waals surface area (Å²) in [5.41, 5.74) is 0. The Labute approximate surface area is 157 Å². The van der Waals surface area contributed by atoms with Gasteiger partial charge in [0.15, 0.2) is 6.10 Å². The van der Waals surface area contributed by atoms with Gasteiger partial charge in [-0.25, -0.2) is 9.59 Å². The normalized spacial score (nSPS) is 13.0. The van der Waals surface area contributed by atoms with Gasteiger partial charge in [-0.05, 0) is 12.8 Å². The number of carbonyl (C=O) groups is 2. The Bertz CT molecular complexity index is 451. The molecule has 0 saturated heterocycles. The van der Waals surface area contributed by atoms with E-state index in [1.807, 2.05) is 6.08 Å². The molecule has 0 fully saturated rings. The second-order valence-corrected chi connectivity index (χ2v) is 6.23. The van der Waals surface area contributed by atoms with Crippen molar-refractivity contribution in [1.82, 2.24) is 0 Å². The fraction of sp³-hybridized carbons (Fsp3) is 0.619. The lowest BCUT2D eigenvalue weighted by Gasteiger charge is -2.03. The van der Waals surface area contributed by atoms with E-state index in [0.717, 1.165) is 12.5 Å². The molecule has 0 heterocycles. The van der Waals surface area contributed by atoms with Crippen molar-refractivity contribution in [1.29, 1.82) is 0 Å². The van der Waals surface area contributed by atoms with Crippen LogP contribution < -0.4 is 0 Å². The van der Waals surface area contributed by atoms with E-state index in [2.05, 4.69) is 17.7 Å². The molecule has 0 aromatic rings. The molecule has 5 nitrogen and oxygen atoms in total. The zero-order valence-corrected chi connectivity index (χ0v) is 15.9. The lowest BCUT2D eigenvalue weighted by atomic mass is 10.1. The number of allylic oxidation sites excluding steroid dienone is 5. The first kappa shape index (κ1) is 24.3. The van der Waals surface area contributed by atoms with Crippen LogP contribution in [0, 0.1) is 0 Å². The third-order valence-electron chi connectivity index (χ3n) is 3.82. The molecule has 0 bridgehead atoms. The average Bonchev–Trinajstić information content (AvgIpc) is 2.64. The van der Waals surface area contributed by atoms with Gasteiger partial charge >= 0.3 is 11.9 Å². The first-order chi connectivity index (χ1) is 12.6. The van der Waals surface area contributed by atoms with Crippen molar-refractivity contribution < 1.29 is 24.5 Å². The highest BCUT2D eigenvalue weighted by Crippen LogP contribution is 2.10. The monoisotopic (exact) mass is 366 g/mol. The van der Waals surface area contributed by atoms with Crippen LogP contribution in [0.1, 0.15) is 71.1 Å². The van der Waals surface area contributed by atoms with Gasteiger partial charge < -0.3 is 14.9 Å². The summed E-state index contributed by atoms with van der Waals surface area (Å²) in [5.74, 6) is -2.04. The van der Waals surface area contributed by atoms with Crippen molar-refractivity contribution in [2.75, 3.05) is 6.61 Å². The van der Waals surface area contributed by atoms with Gasteiger partial charge in [0.25, 0.3) is 0 Å². The number of carbonyl (C=O) groups excluding carboxylic acids is 2. The molecule has 148 valence electrons. The van der Waals surface area contributed by atoms with Crippen molar-refractivity contribution in [3.05, 3.63) is 36.5 Å². The quantitative estimate of drug-likeness (QED) is 0.150. The second kappa shape index (κ2) is 18.1. The van der Waals surface area contributed by atoms with Crippen molar-refractivity contribution >= 4 is 11.9 Å². The molecule has 0 radical (unpaired) electrons. The SMILES string of the molecule is CCCCCCCCCCCC=CC=CC=CC(=O)OC(=O)C(O)CO. The number of rotatable bonds is 15. The van der Waals surface area contributed by atoms with E-state index in [1.165, 1.54) is 63.9 Å². The van der Waals surface area contributed by atoms with E-state index in [0.29, 0.717) is 0 Å². The largest absolute Gasteiger partial charge is 0.393 e. The van der Waals surface area contributed by atoms with Gasteiger partial charge in [0.05, 0.1) is 6.61 Å². The van der Waals surface area contributed by atoms with Crippen LogP contribution in [-0.4, -0.2) is 34.9 Å². The van der Waals surface area contributed by atoms with Crippen LogP contribution in [0.2, 0.25) is 0 Å². The molecule has 0 saturated carbocycles. The minimum absolute atomic E-state index is 0.778. The first-order valence-electron chi connectivity index (χ1n) is 9.66. The Morgan fingerprint density at radius 1 is 0.885 bits per heavy atom. The summed E-state index contributed by atoms with van der Waals surface area (Å²) < 4.78 is 4.30. The molecular formula is C21H34O5. The maximum Gasteiger partial charge on any atom is 0.345 e. The molecule has 0 aliphatic heterocycles. The standard InChI is InChI=1S/C21H34O5/c1-2-3-4-5-6-7-8-9-10-11-12-13-14-15-16-17-20(24)26-21(25)19(23)18-22/h12-17,19,22-23H,2-11,18H2,1H3. The highest BCUT2D eigenvalue weighted by atomic mass is 16.6. The molecule has 5 heteroatoms. The summed E-state index contributed by atoms with van der Waals surface area (Å²) in [5, 5.41) is 17.5. The highest BCUT2D eigenvalue weighted by molar-refractivity contribution is 5.93. The van der Waals surface area contributed by atoms with E-state index in [-0.39, 0.29) is 0 Å². The molecule has 0 rings (SSSR count). The van der Waals surface area contributed by atoms with Gasteiger partial charge in [0.1, 0.15) is 0 Å². The summed E-state index contributed by atoms with van der Waals surface area (Å²) >= 11 is 0. The summed E-state index contributed by atoms with van der Waals surface area (Å²) in [7, 11) is 0. The van der Waals surface area contributed by atoms with Gasteiger partial charge in [-0.2, -0.15) is 0 Å². The van der Waals surface area contributed by atoms with Crippen LogP contribution in [0.15, 0.2) is 36.5 Å². The fourth-order valence-corrected chi connectivity index (χ4v) is 2.29. The molecule has 1 atom stereocenters. The zero-order chi connectivity index (χ0) is 19.5. The van der Waals surface area contributed by atoms with Gasteiger partial charge in [0.2, 0.25) is 0 Å². The third-order valence-corrected chi connectivity index (χ3v) is 3.82. The maximum absolute atomic E-state index is 11.2. The van der Waals surface area contributed by atoms with E-state index in [9.17, 15) is 9.59 Å². The second-order valence-electron chi connectivity index (χ2n) is 6.23. The Morgan fingerprint density at radius 3 is 2.08 bits per heavy atom. The maximum atomic E-state index is 11.2. The number of aliphatic hydroxyl groups excluding tert-OH is 2. The topological polar surface area (TPSA) is 83.8 Å². The van der Waals surface area contributed by atoms with Crippen LogP contribution in [-0.2, 0) is 14.3 Å². The van der Waals surface area contributed by atoms with E-state index >= 15 is 0 Å². The molecular weight excluding hydrogens is 332 g/mol. The molecule has 0 amide bonds. The van der Waals surface area contributed by atoms with Gasteiger partial charge in [-0.3, -0.25) is 0 Å². The van der Waals surface area contributed by atoms with Crippen molar-refractivity contribution in [3.8, 4) is 0 Å². The molecule has 1 unspecified atom stereocenters. The molecule has 0 aromatic heterocycles.